The van der Waals surface area contributed by atoms with Crippen LogP contribution in [0.3, 0.4) is 0 Å². The van der Waals surface area contributed by atoms with Crippen molar-refractivity contribution in [3.05, 3.63) is 0 Å². The zero-order valence-electron chi connectivity index (χ0n) is 7.89. The normalized spacial score (nSPS) is 8.91. The molecule has 0 aliphatic rings. The minimum absolute atomic E-state index is 0. The molecule has 0 fully saturated rings. The second kappa shape index (κ2) is 11.3. The van der Waals surface area contributed by atoms with Gasteiger partial charge in [-0.25, -0.2) is 0 Å². The summed E-state index contributed by atoms with van der Waals surface area (Å²) in [6, 6.07) is 0. The van der Waals surface area contributed by atoms with Gasteiger partial charge in [0, 0.05) is 0 Å². The molecule has 0 N–H and O–H groups in total. The maximum Gasteiger partial charge on any atom is -0.147 e. The van der Waals surface area contributed by atoms with Crippen molar-refractivity contribution in [2.45, 2.75) is 37.1 Å². The van der Waals surface area contributed by atoms with Gasteiger partial charge >= 0.3 is 68.1 Å². The van der Waals surface area contributed by atoms with Gasteiger partial charge < -0.3 is 0 Å². The number of hydrogen-bond donors (Lipinski definition) is 0. The van der Waals surface area contributed by atoms with Crippen molar-refractivity contribution in [1.82, 2.24) is 0 Å². The Bertz CT molecular complexity index is 57.1. The predicted octanol–water partition coefficient (Wildman–Crippen LogP) is 4.06. The van der Waals surface area contributed by atoms with Crippen LogP contribution >= 0.6 is 24.8 Å². The molecule has 0 amide bonds. The molecule has 0 saturated carbocycles. The molecule has 0 aliphatic heterocycles. The van der Waals surface area contributed by atoms with E-state index in [1.54, 1.807) is 0 Å². The van der Waals surface area contributed by atoms with Crippen LogP contribution in [0.4, 0.5) is 0 Å². The van der Waals surface area contributed by atoms with Crippen LogP contribution < -0.4 is 0 Å². The van der Waals surface area contributed by atoms with Crippen LogP contribution in [0.5, 0.6) is 0 Å². The topological polar surface area (TPSA) is 0 Å². The molecule has 0 aromatic heterocycles. The van der Waals surface area contributed by atoms with E-state index in [2.05, 4.69) is 27.7 Å². The van der Waals surface area contributed by atoms with Crippen molar-refractivity contribution < 1.29 is 19.2 Å². The summed E-state index contributed by atoms with van der Waals surface area (Å²) in [5.41, 5.74) is 0. The average Bonchev–Trinajstić information content (AvgIpc) is 1.63. The van der Waals surface area contributed by atoms with Crippen molar-refractivity contribution in [3.63, 3.8) is 0 Å². The van der Waals surface area contributed by atoms with Crippen LogP contribution in [0.15, 0.2) is 0 Å². The zero-order chi connectivity index (χ0) is 7.28. The van der Waals surface area contributed by atoms with Crippen LogP contribution in [0.1, 0.15) is 27.7 Å². The molecule has 0 aromatic rings. The molecular weight excluding hydrogens is 215 g/mol. The van der Waals surface area contributed by atoms with E-state index < -0.39 is 0 Å². The molecule has 0 spiro atoms. The van der Waals surface area contributed by atoms with Gasteiger partial charge in [-0.2, -0.15) is 0 Å². The smallest absolute Gasteiger partial charge is 0.147 e. The molecule has 0 nitrogen and oxygen atoms in total. The zero-order valence-corrected chi connectivity index (χ0v) is 11.1. The van der Waals surface area contributed by atoms with Gasteiger partial charge in [0.2, 0.25) is 0 Å². The Hall–Kier alpha value is 1.29. The summed E-state index contributed by atoms with van der Waals surface area (Å²) in [5, 5.41) is 0. The standard InChI is InChI=1S/2C4H9.2ClH.Ti/c2*1-4(2)3;;;/h2*4H,1H2,2-3H3;2*1H;. The second-order valence-corrected chi connectivity index (χ2v) is 5.50. The van der Waals surface area contributed by atoms with Gasteiger partial charge in [0.15, 0.2) is 0 Å². The van der Waals surface area contributed by atoms with Crippen molar-refractivity contribution >= 4 is 24.8 Å². The Morgan fingerprint density at radius 1 is 0.818 bits per heavy atom. The Morgan fingerprint density at radius 3 is 1.27 bits per heavy atom. The maximum atomic E-state index is 2.32. The number of halogens is 2. The van der Waals surface area contributed by atoms with Crippen molar-refractivity contribution in [1.29, 1.82) is 0 Å². The fraction of sp³-hybridized carbons (Fsp3) is 1.00. The van der Waals surface area contributed by atoms with E-state index in [4.69, 9.17) is 0 Å². The summed E-state index contributed by atoms with van der Waals surface area (Å²) in [6.07, 6.45) is 0. The molecule has 3 heteroatoms. The first kappa shape index (κ1) is 18.2. The molecule has 0 radical (unpaired) electrons. The second-order valence-electron chi connectivity index (χ2n) is 3.45. The van der Waals surface area contributed by atoms with Crippen molar-refractivity contribution in [3.8, 4) is 0 Å². The molecule has 70 valence electrons. The molecular formula is C8H20Cl2Ti. The van der Waals surface area contributed by atoms with Gasteiger partial charge in [0.25, 0.3) is 0 Å². The van der Waals surface area contributed by atoms with E-state index in [-0.39, 0.29) is 24.8 Å². The molecule has 0 atom stereocenters. The monoisotopic (exact) mass is 234 g/mol. The summed E-state index contributed by atoms with van der Waals surface area (Å²) < 4.78 is 3.05. The van der Waals surface area contributed by atoms with Crippen LogP contribution in [0.25, 0.3) is 0 Å². The Labute approximate surface area is 92.7 Å². The molecule has 0 saturated heterocycles. The Morgan fingerprint density at radius 2 is 1.09 bits per heavy atom. The minimum Gasteiger partial charge on any atom is -0.147 e. The number of hydrogen-bond acceptors (Lipinski definition) is 0. The van der Waals surface area contributed by atoms with E-state index in [1.807, 2.05) is 0 Å². The van der Waals surface area contributed by atoms with E-state index in [9.17, 15) is 0 Å². The van der Waals surface area contributed by atoms with Crippen LogP contribution in [-0.4, -0.2) is 0 Å². The van der Waals surface area contributed by atoms with Crippen LogP contribution in [0.2, 0.25) is 9.45 Å². The summed E-state index contributed by atoms with van der Waals surface area (Å²) in [4.78, 5) is 0. The molecule has 0 unspecified atom stereocenters. The SMILES string of the molecule is CC(C)[CH2][Ti][CH2]C(C)C.Cl.Cl. The molecule has 0 bridgehead atoms. The third-order valence-corrected chi connectivity index (χ3v) is 4.56. The van der Waals surface area contributed by atoms with Gasteiger partial charge in [0.1, 0.15) is 0 Å². The molecule has 0 heterocycles. The first-order chi connectivity index (χ1) is 4.13. The first-order valence-corrected chi connectivity index (χ1v) is 6.04. The Kier molecular flexibility index (Phi) is 18.6. The average molecular weight is 235 g/mol. The molecule has 11 heavy (non-hydrogen) atoms. The number of rotatable bonds is 4. The van der Waals surface area contributed by atoms with Crippen molar-refractivity contribution in [2.75, 3.05) is 0 Å². The van der Waals surface area contributed by atoms with E-state index in [0.29, 0.717) is 19.2 Å². The molecule has 0 aromatic carbocycles. The largest absolute Gasteiger partial charge is 0.147 e. The Balaban J connectivity index is -0.000000320. The van der Waals surface area contributed by atoms with Gasteiger partial charge in [0.05, 0.1) is 0 Å². The predicted molar refractivity (Wildman–Crippen MR) is 53.8 cm³/mol. The third-order valence-electron chi connectivity index (χ3n) is 1.11. The minimum atomic E-state index is 0. The summed E-state index contributed by atoms with van der Waals surface area (Å²) in [7, 11) is 0. The third kappa shape index (κ3) is 18.3. The maximum absolute atomic E-state index is 2.32. The first-order valence-electron chi connectivity index (χ1n) is 3.83. The van der Waals surface area contributed by atoms with Gasteiger partial charge in [-0.15, -0.1) is 24.8 Å². The van der Waals surface area contributed by atoms with Gasteiger partial charge in [-0.1, -0.05) is 0 Å². The van der Waals surface area contributed by atoms with E-state index >= 15 is 0 Å². The van der Waals surface area contributed by atoms with Gasteiger partial charge in [-0.05, 0) is 0 Å². The summed E-state index contributed by atoms with van der Waals surface area (Å²) >= 11 is 0.426. The summed E-state index contributed by atoms with van der Waals surface area (Å²) in [6.45, 7) is 9.29. The molecule has 0 aliphatic carbocycles. The van der Waals surface area contributed by atoms with Gasteiger partial charge in [-0.3, -0.25) is 0 Å². The van der Waals surface area contributed by atoms with Crippen LogP contribution in [0, 0.1) is 11.8 Å². The fourth-order valence-electron chi connectivity index (χ4n) is 0.661. The molecule has 0 rings (SSSR count). The van der Waals surface area contributed by atoms with E-state index in [1.165, 1.54) is 9.45 Å². The summed E-state index contributed by atoms with van der Waals surface area (Å²) in [5.74, 6) is 1.90. The van der Waals surface area contributed by atoms with Crippen LogP contribution in [-0.2, 0) is 19.2 Å². The fourth-order valence-corrected chi connectivity index (χ4v) is 2.72. The van der Waals surface area contributed by atoms with E-state index in [0.717, 1.165) is 11.8 Å². The quantitative estimate of drug-likeness (QED) is 0.644. The van der Waals surface area contributed by atoms with Crippen molar-refractivity contribution in [2.24, 2.45) is 11.8 Å².